The monoisotopic (exact) mass is 365 g/mol. The minimum Gasteiger partial charge on any atom is -0.384 e. The van der Waals surface area contributed by atoms with Gasteiger partial charge in [0, 0.05) is 11.8 Å². The number of nitrogens with zero attached hydrogens (tertiary/aromatic N) is 5. The fourth-order valence-electron chi connectivity index (χ4n) is 1.97. The molecular formula is C14H10F3N7O2. The van der Waals surface area contributed by atoms with Crippen molar-refractivity contribution in [3.63, 3.8) is 0 Å². The van der Waals surface area contributed by atoms with Gasteiger partial charge in [0.1, 0.15) is 23.7 Å². The van der Waals surface area contributed by atoms with Gasteiger partial charge in [0.2, 0.25) is 11.7 Å². The van der Waals surface area contributed by atoms with Gasteiger partial charge in [0.15, 0.2) is 0 Å². The normalized spacial score (nSPS) is 12.8. The standard InChI is InChI=1S/C8H5F3N4O.C6H5N3O/c9-8(10,11)7-14-6(15-16-7)4-2-1-3-5(12)13-4;10-5-1-4-2-7-3-8-6(4)9-5/h1-3H,(H2,12,13);2-3H,1H2,(H,7,8,9,10). The predicted octanol–water partition coefficient (Wildman–Crippen LogP) is 1.70. The number of pyridine rings is 1. The maximum atomic E-state index is 12.2. The third kappa shape index (κ3) is 3.91. The van der Waals surface area contributed by atoms with Gasteiger partial charge in [-0.15, -0.1) is 0 Å². The van der Waals surface area contributed by atoms with Crippen LogP contribution in [0.5, 0.6) is 0 Å². The van der Waals surface area contributed by atoms with Crippen molar-refractivity contribution in [2.75, 3.05) is 11.1 Å². The first-order valence-electron chi connectivity index (χ1n) is 7.05. The summed E-state index contributed by atoms with van der Waals surface area (Å²) in [6.45, 7) is 0. The quantitative estimate of drug-likeness (QED) is 0.666. The third-order valence-electron chi connectivity index (χ3n) is 3.07. The van der Waals surface area contributed by atoms with E-state index < -0.39 is 12.1 Å². The van der Waals surface area contributed by atoms with Crippen LogP contribution in [0.3, 0.4) is 0 Å². The highest BCUT2D eigenvalue weighted by Gasteiger charge is 2.38. The number of carbonyl (C=O) groups excluding carboxylic acids is 1. The summed E-state index contributed by atoms with van der Waals surface area (Å²) in [5.41, 5.74) is 6.38. The topological polar surface area (TPSA) is 133 Å². The first-order chi connectivity index (χ1) is 12.3. The van der Waals surface area contributed by atoms with Crippen LogP contribution in [-0.2, 0) is 17.4 Å². The smallest absolute Gasteiger partial charge is 0.384 e. The van der Waals surface area contributed by atoms with Crippen molar-refractivity contribution in [1.82, 2.24) is 25.1 Å². The highest BCUT2D eigenvalue weighted by molar-refractivity contribution is 5.97. The SMILES string of the molecule is Nc1cccc(-c2noc(C(F)(F)F)n2)n1.O=C1Cc2cncnc2N1. The predicted molar refractivity (Wildman–Crippen MR) is 81.3 cm³/mol. The number of nitrogen functional groups attached to an aromatic ring is 1. The highest BCUT2D eigenvalue weighted by Crippen LogP contribution is 2.29. The van der Waals surface area contributed by atoms with Crippen molar-refractivity contribution in [1.29, 1.82) is 0 Å². The van der Waals surface area contributed by atoms with Gasteiger partial charge < -0.3 is 15.6 Å². The molecule has 0 aliphatic carbocycles. The van der Waals surface area contributed by atoms with Crippen LogP contribution in [0, 0.1) is 0 Å². The Morgan fingerprint density at radius 1 is 1.23 bits per heavy atom. The molecule has 0 saturated carbocycles. The number of amides is 1. The van der Waals surface area contributed by atoms with Crippen molar-refractivity contribution in [2.24, 2.45) is 0 Å². The molecule has 0 fully saturated rings. The molecule has 0 spiro atoms. The molecule has 0 bridgehead atoms. The zero-order valence-electron chi connectivity index (χ0n) is 12.9. The lowest BCUT2D eigenvalue weighted by atomic mass is 10.3. The molecule has 0 radical (unpaired) electrons. The number of halogens is 3. The van der Waals surface area contributed by atoms with Gasteiger partial charge >= 0.3 is 12.1 Å². The van der Waals surface area contributed by atoms with Gasteiger partial charge in [-0.2, -0.15) is 18.2 Å². The van der Waals surface area contributed by atoms with Crippen molar-refractivity contribution < 1.29 is 22.5 Å². The molecule has 26 heavy (non-hydrogen) atoms. The van der Waals surface area contributed by atoms with Crippen LogP contribution in [0.1, 0.15) is 11.5 Å². The van der Waals surface area contributed by atoms with Crippen LogP contribution in [0.2, 0.25) is 0 Å². The molecule has 1 amide bonds. The zero-order valence-corrected chi connectivity index (χ0v) is 12.9. The van der Waals surface area contributed by atoms with Gasteiger partial charge in [0.25, 0.3) is 0 Å². The Kier molecular flexibility index (Phi) is 4.47. The minimum absolute atomic E-state index is 0.00417. The van der Waals surface area contributed by atoms with E-state index in [9.17, 15) is 18.0 Å². The Balaban J connectivity index is 0.000000167. The van der Waals surface area contributed by atoms with E-state index in [1.807, 2.05) is 0 Å². The van der Waals surface area contributed by atoms with Crippen molar-refractivity contribution >= 4 is 17.5 Å². The van der Waals surface area contributed by atoms with E-state index in [1.54, 1.807) is 6.20 Å². The molecule has 1 aliphatic rings. The molecule has 3 aromatic heterocycles. The second kappa shape index (κ2) is 6.74. The molecule has 3 N–H and O–H groups in total. The zero-order chi connectivity index (χ0) is 18.7. The number of nitrogens with two attached hydrogens (primary N) is 1. The van der Waals surface area contributed by atoms with Crippen LogP contribution < -0.4 is 11.1 Å². The Hall–Kier alpha value is -3.57. The lowest BCUT2D eigenvalue weighted by molar-refractivity contribution is -0.159. The van der Waals surface area contributed by atoms with Crippen LogP contribution in [0.4, 0.5) is 24.8 Å². The number of fused-ring (bicyclic) bond motifs is 1. The Morgan fingerprint density at radius 2 is 2.04 bits per heavy atom. The molecule has 134 valence electrons. The van der Waals surface area contributed by atoms with E-state index >= 15 is 0 Å². The number of rotatable bonds is 1. The number of nitrogens with one attached hydrogen (secondary N) is 1. The average molecular weight is 365 g/mol. The molecule has 1 aliphatic heterocycles. The van der Waals surface area contributed by atoms with Crippen LogP contribution in [0.25, 0.3) is 11.5 Å². The number of hydrogen-bond acceptors (Lipinski definition) is 8. The molecule has 0 atom stereocenters. The average Bonchev–Trinajstić information content (AvgIpc) is 3.20. The fourth-order valence-corrected chi connectivity index (χ4v) is 1.97. The van der Waals surface area contributed by atoms with E-state index in [0.29, 0.717) is 12.2 Å². The molecular weight excluding hydrogens is 355 g/mol. The summed E-state index contributed by atoms with van der Waals surface area (Å²) in [7, 11) is 0. The fraction of sp³-hybridized carbons (Fsp3) is 0.143. The third-order valence-corrected chi connectivity index (χ3v) is 3.07. The Morgan fingerprint density at radius 3 is 2.69 bits per heavy atom. The van der Waals surface area contributed by atoms with E-state index in [0.717, 1.165) is 5.56 Å². The molecule has 9 nitrogen and oxygen atoms in total. The summed E-state index contributed by atoms with van der Waals surface area (Å²) in [6.07, 6.45) is -1.17. The van der Waals surface area contributed by atoms with E-state index in [1.165, 1.54) is 24.5 Å². The molecule has 4 rings (SSSR count). The second-order valence-corrected chi connectivity index (χ2v) is 4.99. The molecule has 0 aromatic carbocycles. The molecule has 12 heteroatoms. The summed E-state index contributed by atoms with van der Waals surface area (Å²) in [5.74, 6) is -0.849. The first-order valence-corrected chi connectivity index (χ1v) is 7.05. The number of hydrogen-bond donors (Lipinski definition) is 2. The maximum absolute atomic E-state index is 12.2. The van der Waals surface area contributed by atoms with Gasteiger partial charge in [-0.3, -0.25) is 4.79 Å². The number of carbonyl (C=O) groups is 1. The van der Waals surface area contributed by atoms with Crippen molar-refractivity contribution in [2.45, 2.75) is 12.6 Å². The molecule has 0 unspecified atom stereocenters. The molecule has 4 heterocycles. The number of alkyl halides is 3. The van der Waals surface area contributed by atoms with Gasteiger partial charge in [0.05, 0.1) is 6.42 Å². The van der Waals surface area contributed by atoms with Crippen LogP contribution >= 0.6 is 0 Å². The highest BCUT2D eigenvalue weighted by atomic mass is 19.4. The summed E-state index contributed by atoms with van der Waals surface area (Å²) in [4.78, 5) is 25.3. The second-order valence-electron chi connectivity index (χ2n) is 4.99. The summed E-state index contributed by atoms with van der Waals surface area (Å²) in [6, 6.07) is 4.46. The van der Waals surface area contributed by atoms with Crippen LogP contribution in [0.15, 0.2) is 35.2 Å². The lowest BCUT2D eigenvalue weighted by Crippen LogP contribution is -2.05. The van der Waals surface area contributed by atoms with Gasteiger partial charge in [-0.1, -0.05) is 11.2 Å². The van der Waals surface area contributed by atoms with Crippen molar-refractivity contribution in [3.05, 3.63) is 42.2 Å². The first kappa shape index (κ1) is 17.3. The largest absolute Gasteiger partial charge is 0.471 e. The van der Waals surface area contributed by atoms with E-state index in [2.05, 4.69) is 34.9 Å². The van der Waals surface area contributed by atoms with Gasteiger partial charge in [-0.05, 0) is 12.1 Å². The molecule has 0 saturated heterocycles. The summed E-state index contributed by atoms with van der Waals surface area (Å²) >= 11 is 0. The van der Waals surface area contributed by atoms with E-state index in [-0.39, 0.29) is 23.2 Å². The van der Waals surface area contributed by atoms with Gasteiger partial charge in [-0.25, -0.2) is 15.0 Å². The lowest BCUT2D eigenvalue weighted by Gasteiger charge is -1.96. The Labute approximate surface area is 143 Å². The maximum Gasteiger partial charge on any atom is 0.471 e. The molecule has 3 aromatic rings. The minimum atomic E-state index is -4.66. The van der Waals surface area contributed by atoms with Crippen molar-refractivity contribution in [3.8, 4) is 11.5 Å². The number of aromatic nitrogens is 5. The number of anilines is 2. The van der Waals surface area contributed by atoms with Crippen LogP contribution in [-0.4, -0.2) is 31.0 Å². The summed E-state index contributed by atoms with van der Waals surface area (Å²) < 4.78 is 40.5. The van der Waals surface area contributed by atoms with E-state index in [4.69, 9.17) is 5.73 Å². The Bertz CT molecular complexity index is 915. The summed E-state index contributed by atoms with van der Waals surface area (Å²) in [5, 5.41) is 5.78.